The second-order valence-corrected chi connectivity index (χ2v) is 2.20. The number of rotatable bonds is 2. The van der Waals surface area contributed by atoms with Crippen LogP contribution in [0.1, 0.15) is 10.4 Å². The van der Waals surface area contributed by atoms with Crippen molar-refractivity contribution in [3.8, 4) is 0 Å². The number of benzene rings is 1. The van der Waals surface area contributed by atoms with Crippen LogP contribution in [-0.2, 0) is 0 Å². The molecule has 0 radical (unpaired) electrons. The summed E-state index contributed by atoms with van der Waals surface area (Å²) in [5.41, 5.74) is 0.349. The summed E-state index contributed by atoms with van der Waals surface area (Å²) < 4.78 is 11.8. The average Bonchev–Trinajstić information content (AvgIpc) is 2.05. The van der Waals surface area contributed by atoms with Crippen molar-refractivity contribution in [2.45, 2.75) is 0 Å². The number of hydrogen-bond donors (Lipinski definition) is 1. The molecule has 0 saturated carbocycles. The Labute approximate surface area is 69.0 Å². The number of ketones is 1. The minimum Gasteiger partial charge on any atom is -0.486 e. The van der Waals surface area contributed by atoms with Crippen molar-refractivity contribution in [3.63, 3.8) is 0 Å². The van der Waals surface area contributed by atoms with E-state index in [1.165, 1.54) is 0 Å². The predicted molar refractivity (Wildman–Crippen MR) is 42.6 cm³/mol. The Morgan fingerprint density at radius 2 is 1.92 bits per heavy atom. The van der Waals surface area contributed by atoms with Gasteiger partial charge >= 0.3 is 0 Å². The molecule has 0 saturated heterocycles. The minimum atomic E-state index is -1.47. The van der Waals surface area contributed by atoms with Crippen molar-refractivity contribution in [1.82, 2.24) is 0 Å². The molecule has 1 aromatic rings. The van der Waals surface area contributed by atoms with E-state index in [0.717, 1.165) is 0 Å². The van der Waals surface area contributed by atoms with E-state index in [9.17, 15) is 9.18 Å². The van der Waals surface area contributed by atoms with Crippen LogP contribution in [0.4, 0.5) is 4.39 Å². The maximum absolute atomic E-state index is 11.8. The molecule has 0 amide bonds. The van der Waals surface area contributed by atoms with E-state index in [1.54, 1.807) is 30.3 Å². The van der Waals surface area contributed by atoms with Crippen LogP contribution in [0.3, 0.4) is 0 Å². The Balaban J connectivity index is 2.87. The number of carbonyl (C=O) groups is 1. The zero-order valence-corrected chi connectivity index (χ0v) is 6.20. The molecule has 0 fully saturated rings. The van der Waals surface area contributed by atoms with Crippen molar-refractivity contribution in [3.05, 3.63) is 48.0 Å². The van der Waals surface area contributed by atoms with Crippen LogP contribution < -0.4 is 0 Å². The van der Waals surface area contributed by atoms with Gasteiger partial charge in [0.25, 0.3) is 6.01 Å². The minimum absolute atomic E-state index is 0.349. The van der Waals surface area contributed by atoms with Gasteiger partial charge in [0, 0.05) is 5.56 Å². The lowest BCUT2D eigenvalue weighted by atomic mass is 10.1. The first-order chi connectivity index (χ1) is 5.70. The second kappa shape index (κ2) is 3.67. The molecule has 1 N–H and O–H groups in total. The Morgan fingerprint density at radius 1 is 1.33 bits per heavy atom. The van der Waals surface area contributed by atoms with E-state index in [-0.39, 0.29) is 0 Å². The zero-order chi connectivity index (χ0) is 8.97. The van der Waals surface area contributed by atoms with Crippen LogP contribution in [0.25, 0.3) is 0 Å². The molecule has 0 aromatic heterocycles. The molecule has 0 heterocycles. The average molecular weight is 166 g/mol. The number of carbonyl (C=O) groups excluding carboxylic acids is 1. The highest BCUT2D eigenvalue weighted by Gasteiger charge is 2.01. The Hall–Kier alpha value is -1.64. The summed E-state index contributed by atoms with van der Waals surface area (Å²) in [5, 5.41) is 8.16. The molecule has 3 heteroatoms. The Bertz CT molecular complexity index is 300. The molecule has 62 valence electrons. The summed E-state index contributed by atoms with van der Waals surface area (Å²) in [4.78, 5) is 11.0. The fourth-order valence-electron chi connectivity index (χ4n) is 0.794. The van der Waals surface area contributed by atoms with E-state index in [0.29, 0.717) is 11.6 Å². The third kappa shape index (κ3) is 2.20. The van der Waals surface area contributed by atoms with Gasteiger partial charge in [-0.25, -0.2) is 0 Å². The summed E-state index contributed by atoms with van der Waals surface area (Å²) in [7, 11) is 0. The molecular weight excluding hydrogens is 159 g/mol. The van der Waals surface area contributed by atoms with Crippen LogP contribution in [0.2, 0.25) is 0 Å². The lowest BCUT2D eigenvalue weighted by Gasteiger charge is -1.92. The molecule has 0 aliphatic heterocycles. The number of allylic oxidation sites excluding steroid dienone is 1. The maximum atomic E-state index is 11.8. The van der Waals surface area contributed by atoms with Gasteiger partial charge in [0.05, 0.1) is 6.08 Å². The largest absolute Gasteiger partial charge is 0.486 e. The lowest BCUT2D eigenvalue weighted by Crippen LogP contribution is -1.93. The number of halogens is 1. The molecule has 0 aliphatic rings. The van der Waals surface area contributed by atoms with E-state index in [4.69, 9.17) is 5.11 Å². The molecule has 0 unspecified atom stereocenters. The molecule has 1 rings (SSSR count). The maximum Gasteiger partial charge on any atom is 0.274 e. The van der Waals surface area contributed by atoms with Crippen LogP contribution in [0.5, 0.6) is 0 Å². The van der Waals surface area contributed by atoms with Crippen molar-refractivity contribution in [2.24, 2.45) is 0 Å². The lowest BCUT2D eigenvalue weighted by molar-refractivity contribution is 0.103. The van der Waals surface area contributed by atoms with Gasteiger partial charge in [0.1, 0.15) is 0 Å². The first-order valence-corrected chi connectivity index (χ1v) is 3.35. The number of hydrogen-bond acceptors (Lipinski definition) is 2. The van der Waals surface area contributed by atoms with Gasteiger partial charge in [-0.2, -0.15) is 4.39 Å². The van der Waals surface area contributed by atoms with E-state index in [1.807, 2.05) is 0 Å². The number of aliphatic hydroxyl groups excluding tert-OH is 1. The molecule has 0 bridgehead atoms. The van der Waals surface area contributed by atoms with Crippen molar-refractivity contribution >= 4 is 5.78 Å². The quantitative estimate of drug-likeness (QED) is 0.415. The molecule has 12 heavy (non-hydrogen) atoms. The van der Waals surface area contributed by atoms with Crippen LogP contribution in [-0.4, -0.2) is 10.9 Å². The first-order valence-electron chi connectivity index (χ1n) is 3.35. The third-order valence-corrected chi connectivity index (χ3v) is 1.31. The van der Waals surface area contributed by atoms with E-state index < -0.39 is 11.8 Å². The van der Waals surface area contributed by atoms with Crippen LogP contribution in [0.15, 0.2) is 42.4 Å². The van der Waals surface area contributed by atoms with E-state index >= 15 is 0 Å². The van der Waals surface area contributed by atoms with Gasteiger partial charge in [-0.1, -0.05) is 30.3 Å². The number of aliphatic hydroxyl groups is 1. The highest BCUT2D eigenvalue weighted by Crippen LogP contribution is 2.02. The van der Waals surface area contributed by atoms with Crippen LogP contribution >= 0.6 is 0 Å². The monoisotopic (exact) mass is 166 g/mol. The SMILES string of the molecule is O=C(/C=C(\O)F)c1ccccc1. The third-order valence-electron chi connectivity index (χ3n) is 1.31. The molecule has 2 nitrogen and oxygen atoms in total. The van der Waals surface area contributed by atoms with Gasteiger partial charge in [-0.3, -0.25) is 4.79 Å². The van der Waals surface area contributed by atoms with Gasteiger partial charge < -0.3 is 5.11 Å². The molecular formula is C9H7FO2. The summed E-state index contributed by atoms with van der Waals surface area (Å²) in [5.74, 6) is -0.546. The summed E-state index contributed by atoms with van der Waals surface area (Å²) in [6.07, 6.45) is 0.537. The first kappa shape index (κ1) is 8.46. The van der Waals surface area contributed by atoms with Gasteiger partial charge in [0.15, 0.2) is 5.78 Å². The van der Waals surface area contributed by atoms with Gasteiger partial charge in [-0.15, -0.1) is 0 Å². The highest BCUT2D eigenvalue weighted by molar-refractivity contribution is 6.04. The summed E-state index contributed by atoms with van der Waals surface area (Å²) >= 11 is 0. The van der Waals surface area contributed by atoms with Gasteiger partial charge in [-0.05, 0) is 0 Å². The van der Waals surface area contributed by atoms with Crippen molar-refractivity contribution in [1.29, 1.82) is 0 Å². The second-order valence-electron chi connectivity index (χ2n) is 2.20. The summed E-state index contributed by atoms with van der Waals surface area (Å²) in [6.45, 7) is 0. The Morgan fingerprint density at radius 3 is 2.42 bits per heavy atom. The Kier molecular flexibility index (Phi) is 2.58. The normalized spacial score (nSPS) is 11.2. The zero-order valence-electron chi connectivity index (χ0n) is 6.20. The van der Waals surface area contributed by atoms with Crippen LogP contribution in [0, 0.1) is 0 Å². The van der Waals surface area contributed by atoms with Gasteiger partial charge in [0.2, 0.25) is 0 Å². The smallest absolute Gasteiger partial charge is 0.274 e. The standard InChI is InChI=1S/C9H7FO2/c10-9(12)6-8(11)7-4-2-1-3-5-7/h1-6,12H/b9-6-. The summed E-state index contributed by atoms with van der Waals surface area (Å²) in [6, 6.07) is 6.69. The molecule has 0 spiro atoms. The fourth-order valence-corrected chi connectivity index (χ4v) is 0.794. The van der Waals surface area contributed by atoms with Crippen molar-refractivity contribution < 1.29 is 14.3 Å². The molecule has 1 aromatic carbocycles. The van der Waals surface area contributed by atoms with E-state index in [2.05, 4.69) is 0 Å². The fraction of sp³-hybridized carbons (Fsp3) is 0. The molecule has 0 aliphatic carbocycles. The topological polar surface area (TPSA) is 37.3 Å². The highest BCUT2D eigenvalue weighted by atomic mass is 19.1. The van der Waals surface area contributed by atoms with Crippen molar-refractivity contribution in [2.75, 3.05) is 0 Å². The molecule has 0 atom stereocenters. The predicted octanol–water partition coefficient (Wildman–Crippen LogP) is 2.24.